The fourth-order valence-electron chi connectivity index (χ4n) is 2.41. The topological polar surface area (TPSA) is 58.2 Å². The van der Waals surface area contributed by atoms with Crippen molar-refractivity contribution in [3.63, 3.8) is 0 Å². The summed E-state index contributed by atoms with van der Waals surface area (Å²) in [5.74, 6) is 0.125. The molecule has 0 bridgehead atoms. The molecule has 0 aliphatic heterocycles. The SMILES string of the molecule is CC(CC(=O)Nc1cccc(C(C)C)c1)NC(=O)c1ccccc1. The summed E-state index contributed by atoms with van der Waals surface area (Å²) < 4.78 is 0. The van der Waals surface area contributed by atoms with Gasteiger partial charge in [0.15, 0.2) is 0 Å². The first kappa shape index (κ1) is 17.7. The van der Waals surface area contributed by atoms with Crippen LogP contribution in [0.5, 0.6) is 0 Å². The molecular weight excluding hydrogens is 300 g/mol. The highest BCUT2D eigenvalue weighted by Crippen LogP contribution is 2.18. The molecule has 0 saturated heterocycles. The van der Waals surface area contributed by atoms with Crippen molar-refractivity contribution in [2.75, 3.05) is 5.32 Å². The summed E-state index contributed by atoms with van der Waals surface area (Å²) in [7, 11) is 0. The summed E-state index contributed by atoms with van der Waals surface area (Å²) in [6, 6.07) is 16.6. The van der Waals surface area contributed by atoms with E-state index in [9.17, 15) is 9.59 Å². The molecule has 2 N–H and O–H groups in total. The van der Waals surface area contributed by atoms with Crippen LogP contribution in [0.1, 0.15) is 49.0 Å². The lowest BCUT2D eigenvalue weighted by Gasteiger charge is -2.14. The Morgan fingerprint density at radius 1 is 0.958 bits per heavy atom. The molecule has 0 aromatic heterocycles. The van der Waals surface area contributed by atoms with Gasteiger partial charge in [0.2, 0.25) is 5.91 Å². The first-order valence-corrected chi connectivity index (χ1v) is 8.21. The third-order valence-corrected chi connectivity index (χ3v) is 3.74. The van der Waals surface area contributed by atoms with Crippen molar-refractivity contribution in [2.24, 2.45) is 0 Å². The van der Waals surface area contributed by atoms with E-state index in [-0.39, 0.29) is 24.3 Å². The summed E-state index contributed by atoms with van der Waals surface area (Å²) in [5.41, 5.74) is 2.56. The molecule has 0 spiro atoms. The molecule has 0 saturated carbocycles. The molecule has 0 aliphatic rings. The molecule has 0 fully saturated rings. The number of hydrogen-bond acceptors (Lipinski definition) is 2. The van der Waals surface area contributed by atoms with E-state index in [1.54, 1.807) is 12.1 Å². The van der Waals surface area contributed by atoms with Crippen LogP contribution >= 0.6 is 0 Å². The number of rotatable bonds is 6. The first-order valence-electron chi connectivity index (χ1n) is 8.21. The molecule has 1 atom stereocenters. The number of nitrogens with one attached hydrogen (secondary N) is 2. The molecule has 0 heterocycles. The maximum Gasteiger partial charge on any atom is 0.251 e. The second kappa shape index (κ2) is 8.29. The van der Waals surface area contributed by atoms with Crippen molar-refractivity contribution in [1.82, 2.24) is 5.32 Å². The molecule has 2 rings (SSSR count). The molecule has 1 unspecified atom stereocenters. The van der Waals surface area contributed by atoms with E-state index in [4.69, 9.17) is 0 Å². The summed E-state index contributed by atoms with van der Waals surface area (Å²) in [6.45, 7) is 6.05. The van der Waals surface area contributed by atoms with Crippen molar-refractivity contribution < 1.29 is 9.59 Å². The smallest absolute Gasteiger partial charge is 0.251 e. The predicted molar refractivity (Wildman–Crippen MR) is 97.1 cm³/mol. The summed E-state index contributed by atoms with van der Waals surface area (Å²) >= 11 is 0. The zero-order valence-corrected chi connectivity index (χ0v) is 14.4. The van der Waals surface area contributed by atoms with Gasteiger partial charge in [-0.05, 0) is 42.7 Å². The lowest BCUT2D eigenvalue weighted by Crippen LogP contribution is -2.35. The van der Waals surface area contributed by atoms with Gasteiger partial charge in [-0.3, -0.25) is 9.59 Å². The van der Waals surface area contributed by atoms with Crippen LogP contribution in [0.3, 0.4) is 0 Å². The van der Waals surface area contributed by atoms with Gasteiger partial charge in [0.1, 0.15) is 0 Å². The van der Waals surface area contributed by atoms with Crippen LogP contribution in [-0.4, -0.2) is 17.9 Å². The number of amides is 2. The van der Waals surface area contributed by atoms with Crippen LogP contribution in [0.25, 0.3) is 0 Å². The van der Waals surface area contributed by atoms with E-state index in [0.717, 1.165) is 5.69 Å². The Balaban J connectivity index is 1.88. The van der Waals surface area contributed by atoms with Crippen molar-refractivity contribution in [2.45, 2.75) is 39.2 Å². The Kier molecular flexibility index (Phi) is 6.13. The van der Waals surface area contributed by atoms with Crippen molar-refractivity contribution >= 4 is 17.5 Å². The molecule has 0 aliphatic carbocycles. The first-order chi connectivity index (χ1) is 11.5. The Hall–Kier alpha value is -2.62. The monoisotopic (exact) mass is 324 g/mol. The second-order valence-electron chi connectivity index (χ2n) is 6.27. The number of benzene rings is 2. The summed E-state index contributed by atoms with van der Waals surface area (Å²) in [4.78, 5) is 24.2. The standard InChI is InChI=1S/C20H24N2O2/c1-14(2)17-10-7-11-18(13-17)22-19(23)12-15(3)21-20(24)16-8-5-4-6-9-16/h4-11,13-15H,12H2,1-3H3,(H,21,24)(H,22,23). The Morgan fingerprint density at radius 2 is 1.67 bits per heavy atom. The quantitative estimate of drug-likeness (QED) is 0.845. The third kappa shape index (κ3) is 5.23. The van der Waals surface area contributed by atoms with Crippen LogP contribution in [0.15, 0.2) is 54.6 Å². The Bertz CT molecular complexity index is 696. The van der Waals surface area contributed by atoms with E-state index in [0.29, 0.717) is 11.5 Å². The maximum atomic E-state index is 12.2. The second-order valence-corrected chi connectivity index (χ2v) is 6.27. The molecule has 2 aromatic rings. The predicted octanol–water partition coefficient (Wildman–Crippen LogP) is 3.96. The van der Waals surface area contributed by atoms with Gasteiger partial charge in [0, 0.05) is 23.7 Å². The lowest BCUT2D eigenvalue weighted by atomic mass is 10.0. The fourth-order valence-corrected chi connectivity index (χ4v) is 2.41. The number of carbonyl (C=O) groups excluding carboxylic acids is 2. The highest BCUT2D eigenvalue weighted by molar-refractivity contribution is 5.95. The Morgan fingerprint density at radius 3 is 2.33 bits per heavy atom. The molecule has 4 heteroatoms. The van der Waals surface area contributed by atoms with Crippen molar-refractivity contribution in [1.29, 1.82) is 0 Å². The van der Waals surface area contributed by atoms with Crippen LogP contribution in [0.2, 0.25) is 0 Å². The minimum absolute atomic E-state index is 0.114. The average molecular weight is 324 g/mol. The molecular formula is C20H24N2O2. The minimum Gasteiger partial charge on any atom is -0.349 e. The fraction of sp³-hybridized carbons (Fsp3) is 0.300. The van der Waals surface area contributed by atoms with E-state index in [1.807, 2.05) is 49.4 Å². The highest BCUT2D eigenvalue weighted by Gasteiger charge is 2.13. The summed E-state index contributed by atoms with van der Waals surface area (Å²) in [5, 5.41) is 5.73. The zero-order valence-electron chi connectivity index (χ0n) is 14.4. The van der Waals surface area contributed by atoms with Gasteiger partial charge in [0.05, 0.1) is 0 Å². The lowest BCUT2D eigenvalue weighted by molar-refractivity contribution is -0.116. The number of hydrogen-bond donors (Lipinski definition) is 2. The minimum atomic E-state index is -0.244. The van der Waals surface area contributed by atoms with Gasteiger partial charge in [0.25, 0.3) is 5.91 Å². The largest absolute Gasteiger partial charge is 0.349 e. The van der Waals surface area contributed by atoms with Crippen molar-refractivity contribution in [3.8, 4) is 0 Å². The zero-order chi connectivity index (χ0) is 17.5. The van der Waals surface area contributed by atoms with E-state index in [2.05, 4.69) is 24.5 Å². The molecule has 4 nitrogen and oxygen atoms in total. The van der Waals surface area contributed by atoms with Gasteiger partial charge in [-0.1, -0.05) is 44.2 Å². The normalized spacial score (nSPS) is 11.8. The number of carbonyl (C=O) groups is 2. The molecule has 24 heavy (non-hydrogen) atoms. The maximum absolute atomic E-state index is 12.2. The van der Waals surface area contributed by atoms with Crippen LogP contribution in [0.4, 0.5) is 5.69 Å². The van der Waals surface area contributed by atoms with E-state index < -0.39 is 0 Å². The van der Waals surface area contributed by atoms with E-state index in [1.165, 1.54) is 5.56 Å². The van der Waals surface area contributed by atoms with Gasteiger partial charge in [-0.25, -0.2) is 0 Å². The molecule has 2 amide bonds. The Labute approximate surface area is 143 Å². The molecule has 0 radical (unpaired) electrons. The van der Waals surface area contributed by atoms with Gasteiger partial charge in [-0.2, -0.15) is 0 Å². The van der Waals surface area contributed by atoms with Gasteiger partial charge in [-0.15, -0.1) is 0 Å². The summed E-state index contributed by atoms with van der Waals surface area (Å²) in [6.07, 6.45) is 0.227. The van der Waals surface area contributed by atoms with Crippen molar-refractivity contribution in [3.05, 3.63) is 65.7 Å². The highest BCUT2D eigenvalue weighted by atomic mass is 16.2. The van der Waals surface area contributed by atoms with Gasteiger partial charge >= 0.3 is 0 Å². The average Bonchev–Trinajstić information content (AvgIpc) is 2.55. The van der Waals surface area contributed by atoms with E-state index >= 15 is 0 Å². The van der Waals surface area contributed by atoms with Crippen LogP contribution in [-0.2, 0) is 4.79 Å². The molecule has 126 valence electrons. The van der Waals surface area contributed by atoms with Crippen LogP contribution < -0.4 is 10.6 Å². The number of anilines is 1. The van der Waals surface area contributed by atoms with Gasteiger partial charge < -0.3 is 10.6 Å². The molecule has 2 aromatic carbocycles. The van der Waals surface area contributed by atoms with Crippen LogP contribution in [0, 0.1) is 0 Å². The third-order valence-electron chi connectivity index (χ3n) is 3.74.